The molecule has 0 radical (unpaired) electrons. The number of aromatic nitrogens is 1. The molecule has 0 unspecified atom stereocenters. The van der Waals surface area contributed by atoms with Crippen LogP contribution in [0.2, 0.25) is 5.02 Å². The molecule has 0 saturated carbocycles. The van der Waals surface area contributed by atoms with Gasteiger partial charge in [-0.3, -0.25) is 4.79 Å². The zero-order valence-electron chi connectivity index (χ0n) is 10.6. The number of carbonyl (C=O) groups is 2. The van der Waals surface area contributed by atoms with Crippen molar-refractivity contribution >= 4 is 29.3 Å². The third-order valence-corrected chi connectivity index (χ3v) is 2.99. The van der Waals surface area contributed by atoms with Crippen molar-refractivity contribution in [2.45, 2.75) is 6.42 Å². The van der Waals surface area contributed by atoms with Gasteiger partial charge >= 0.3 is 5.97 Å². The lowest BCUT2D eigenvalue weighted by Crippen LogP contribution is -2.17. The lowest BCUT2D eigenvalue weighted by atomic mass is 10.1. The Bertz CT molecular complexity index is 686. The fraction of sp³-hybridized carbons (Fsp3) is 0.0714. The zero-order chi connectivity index (χ0) is 15.4. The minimum Gasteiger partial charge on any atom is -0.477 e. The lowest BCUT2D eigenvalue weighted by molar-refractivity contribution is -0.115. The van der Waals surface area contributed by atoms with E-state index in [-0.39, 0.29) is 28.5 Å². The lowest BCUT2D eigenvalue weighted by Gasteiger charge is -2.07. The van der Waals surface area contributed by atoms with Crippen molar-refractivity contribution in [3.63, 3.8) is 0 Å². The highest BCUT2D eigenvalue weighted by atomic mass is 35.5. The van der Waals surface area contributed by atoms with Gasteiger partial charge in [-0.05, 0) is 24.3 Å². The van der Waals surface area contributed by atoms with Crippen LogP contribution in [0.15, 0.2) is 36.4 Å². The smallest absolute Gasteiger partial charge is 0.354 e. The minimum atomic E-state index is -1.21. The maximum absolute atomic E-state index is 13.6. The van der Waals surface area contributed by atoms with Gasteiger partial charge in [0.1, 0.15) is 11.6 Å². The van der Waals surface area contributed by atoms with Crippen LogP contribution in [0.1, 0.15) is 16.1 Å². The van der Waals surface area contributed by atoms with Gasteiger partial charge in [0.2, 0.25) is 5.91 Å². The van der Waals surface area contributed by atoms with Crippen LogP contribution in [0.5, 0.6) is 0 Å². The molecule has 1 amide bonds. The molecule has 1 heterocycles. The van der Waals surface area contributed by atoms with Crippen LogP contribution < -0.4 is 5.32 Å². The first kappa shape index (κ1) is 14.9. The van der Waals surface area contributed by atoms with Crippen LogP contribution in [-0.4, -0.2) is 22.0 Å². The second-order valence-corrected chi connectivity index (χ2v) is 4.55. The van der Waals surface area contributed by atoms with E-state index < -0.39 is 17.7 Å². The van der Waals surface area contributed by atoms with E-state index in [0.29, 0.717) is 0 Å². The highest BCUT2D eigenvalue weighted by molar-refractivity contribution is 6.31. The van der Waals surface area contributed by atoms with E-state index in [0.717, 1.165) is 0 Å². The molecule has 0 aliphatic heterocycles. The number of anilines is 1. The Morgan fingerprint density at radius 2 is 1.95 bits per heavy atom. The van der Waals surface area contributed by atoms with Crippen molar-refractivity contribution in [2.75, 3.05) is 5.32 Å². The Hall–Kier alpha value is -2.47. The molecular weight excluding hydrogens is 299 g/mol. The van der Waals surface area contributed by atoms with Crippen LogP contribution in [0.3, 0.4) is 0 Å². The monoisotopic (exact) mass is 308 g/mol. The van der Waals surface area contributed by atoms with Crippen molar-refractivity contribution in [2.24, 2.45) is 0 Å². The maximum Gasteiger partial charge on any atom is 0.354 e. The molecule has 1 aromatic heterocycles. The van der Waals surface area contributed by atoms with E-state index in [1.807, 2.05) is 0 Å². The summed E-state index contributed by atoms with van der Waals surface area (Å²) in [5, 5.41) is 11.4. The summed E-state index contributed by atoms with van der Waals surface area (Å²) >= 11 is 5.83. The molecular formula is C14H10ClFN2O3. The molecule has 108 valence electrons. The van der Waals surface area contributed by atoms with Gasteiger partial charge in [-0.2, -0.15) is 0 Å². The standard InChI is InChI=1S/C14H10ClFN2O3/c15-9-3-1-4-10(16)8(9)7-13(19)18-12-6-2-5-11(17-12)14(20)21/h1-6H,7H2,(H,20,21)(H,17,18,19). The second-order valence-electron chi connectivity index (χ2n) is 4.14. The summed E-state index contributed by atoms with van der Waals surface area (Å²) < 4.78 is 13.6. The molecule has 5 nitrogen and oxygen atoms in total. The van der Waals surface area contributed by atoms with Crippen LogP contribution in [-0.2, 0) is 11.2 Å². The first-order chi connectivity index (χ1) is 9.97. The molecule has 0 aliphatic carbocycles. The fourth-order valence-corrected chi connectivity index (χ4v) is 1.90. The predicted octanol–water partition coefficient (Wildman–Crippen LogP) is 2.75. The van der Waals surface area contributed by atoms with Gasteiger partial charge in [-0.15, -0.1) is 0 Å². The second kappa shape index (κ2) is 6.32. The summed E-state index contributed by atoms with van der Waals surface area (Å²) in [5.74, 6) is -2.25. The Balaban J connectivity index is 2.12. The Morgan fingerprint density at radius 3 is 2.62 bits per heavy atom. The quantitative estimate of drug-likeness (QED) is 0.910. The third kappa shape index (κ3) is 3.76. The first-order valence-corrected chi connectivity index (χ1v) is 6.28. The van der Waals surface area contributed by atoms with E-state index >= 15 is 0 Å². The number of halogens is 2. The molecule has 1 aromatic carbocycles. The van der Waals surface area contributed by atoms with Gasteiger partial charge in [-0.1, -0.05) is 23.7 Å². The number of amides is 1. The van der Waals surface area contributed by atoms with Crippen molar-refractivity contribution in [3.05, 3.63) is 58.5 Å². The van der Waals surface area contributed by atoms with E-state index in [9.17, 15) is 14.0 Å². The molecule has 0 bridgehead atoms. The van der Waals surface area contributed by atoms with Gasteiger partial charge in [0, 0.05) is 10.6 Å². The molecule has 0 aliphatic rings. The number of hydrogen-bond acceptors (Lipinski definition) is 3. The number of aromatic carboxylic acids is 1. The highest BCUT2D eigenvalue weighted by Crippen LogP contribution is 2.19. The number of benzene rings is 1. The van der Waals surface area contributed by atoms with E-state index in [1.165, 1.54) is 36.4 Å². The van der Waals surface area contributed by atoms with Crippen molar-refractivity contribution < 1.29 is 19.1 Å². The molecule has 0 atom stereocenters. The highest BCUT2D eigenvalue weighted by Gasteiger charge is 2.13. The first-order valence-electron chi connectivity index (χ1n) is 5.90. The Morgan fingerprint density at radius 1 is 1.24 bits per heavy atom. The molecule has 0 spiro atoms. The molecule has 7 heteroatoms. The summed E-state index contributed by atoms with van der Waals surface area (Å²) in [4.78, 5) is 26.4. The number of carbonyl (C=O) groups excluding carboxylic acids is 1. The van der Waals surface area contributed by atoms with Crippen LogP contribution in [0, 0.1) is 5.82 Å². The summed E-state index contributed by atoms with van der Waals surface area (Å²) in [6, 6.07) is 8.31. The SMILES string of the molecule is O=C(Cc1c(F)cccc1Cl)Nc1cccc(C(=O)O)n1. The van der Waals surface area contributed by atoms with Gasteiger partial charge in [-0.25, -0.2) is 14.2 Å². The van der Waals surface area contributed by atoms with Crippen molar-refractivity contribution in [3.8, 4) is 0 Å². The average molecular weight is 309 g/mol. The summed E-state index contributed by atoms with van der Waals surface area (Å²) in [7, 11) is 0. The Kier molecular flexibility index (Phi) is 4.49. The molecule has 21 heavy (non-hydrogen) atoms. The minimum absolute atomic E-state index is 0.0751. The number of carboxylic acids is 1. The van der Waals surface area contributed by atoms with Gasteiger partial charge in [0.15, 0.2) is 5.69 Å². The number of pyridine rings is 1. The van der Waals surface area contributed by atoms with Crippen LogP contribution in [0.4, 0.5) is 10.2 Å². The van der Waals surface area contributed by atoms with E-state index in [4.69, 9.17) is 16.7 Å². The largest absolute Gasteiger partial charge is 0.477 e. The summed E-state index contributed by atoms with van der Waals surface area (Å²) in [6.07, 6.45) is -0.273. The van der Waals surface area contributed by atoms with Gasteiger partial charge < -0.3 is 10.4 Å². The van der Waals surface area contributed by atoms with Crippen molar-refractivity contribution in [1.29, 1.82) is 0 Å². The molecule has 2 aromatic rings. The number of nitrogens with zero attached hydrogens (tertiary/aromatic N) is 1. The molecule has 2 N–H and O–H groups in total. The molecule has 0 fully saturated rings. The number of rotatable bonds is 4. The van der Waals surface area contributed by atoms with Gasteiger partial charge in [0.05, 0.1) is 6.42 Å². The van der Waals surface area contributed by atoms with Crippen molar-refractivity contribution in [1.82, 2.24) is 4.98 Å². The summed E-state index contributed by atoms with van der Waals surface area (Å²) in [5.41, 5.74) is -0.122. The third-order valence-electron chi connectivity index (χ3n) is 2.63. The van der Waals surface area contributed by atoms with E-state index in [1.54, 1.807) is 0 Å². The number of carboxylic acid groups (broad SMARTS) is 1. The predicted molar refractivity (Wildman–Crippen MR) is 74.9 cm³/mol. The topological polar surface area (TPSA) is 79.3 Å². The average Bonchev–Trinajstić information content (AvgIpc) is 2.43. The maximum atomic E-state index is 13.6. The fourth-order valence-electron chi connectivity index (χ4n) is 1.67. The summed E-state index contributed by atoms with van der Waals surface area (Å²) in [6.45, 7) is 0. The number of hydrogen-bond donors (Lipinski definition) is 2. The van der Waals surface area contributed by atoms with E-state index in [2.05, 4.69) is 10.3 Å². The van der Waals surface area contributed by atoms with Gasteiger partial charge in [0.25, 0.3) is 0 Å². The Labute approximate surface area is 124 Å². The van der Waals surface area contributed by atoms with Crippen LogP contribution in [0.25, 0.3) is 0 Å². The zero-order valence-corrected chi connectivity index (χ0v) is 11.4. The normalized spacial score (nSPS) is 10.2. The molecule has 0 saturated heterocycles. The van der Waals surface area contributed by atoms with Crippen LogP contribution >= 0.6 is 11.6 Å². The molecule has 2 rings (SSSR count). The number of nitrogens with one attached hydrogen (secondary N) is 1.